The van der Waals surface area contributed by atoms with Crippen molar-refractivity contribution >= 4 is 56.0 Å². The van der Waals surface area contributed by atoms with Crippen molar-refractivity contribution in [3.8, 4) is 0 Å². The van der Waals surface area contributed by atoms with Crippen LogP contribution in [-0.4, -0.2) is 29.2 Å². The van der Waals surface area contributed by atoms with Crippen molar-refractivity contribution in [2.45, 2.75) is 32.3 Å². The average molecular weight is 443 g/mol. The minimum atomic E-state index is -0.291. The number of carbonyl (C=O) groups excluding carboxylic acids is 2. The molecule has 0 fully saturated rings. The van der Waals surface area contributed by atoms with Gasteiger partial charge in [-0.15, -0.1) is 23.1 Å². The first-order valence-corrected chi connectivity index (χ1v) is 10.3. The lowest BCUT2D eigenvalue weighted by molar-refractivity contribution is -0.141. The average Bonchev–Trinajstić information content (AvgIpc) is 3.01. The summed E-state index contributed by atoms with van der Waals surface area (Å²) in [6.07, 6.45) is 0. The Morgan fingerprint density at radius 1 is 1.40 bits per heavy atom. The maximum atomic E-state index is 11.9. The van der Waals surface area contributed by atoms with Gasteiger partial charge in [0.1, 0.15) is 6.61 Å². The van der Waals surface area contributed by atoms with Crippen LogP contribution in [0.2, 0.25) is 0 Å². The molecule has 1 amide bonds. The molecule has 0 spiro atoms. The van der Waals surface area contributed by atoms with Gasteiger partial charge in [0.2, 0.25) is 5.91 Å². The molecule has 1 aromatic carbocycles. The topological polar surface area (TPSA) is 59.5 Å². The largest absolute Gasteiger partial charge is 0.459 e. The van der Waals surface area contributed by atoms with Gasteiger partial charge in [-0.05, 0) is 37.6 Å². The first kappa shape index (κ1) is 19.9. The Labute approximate surface area is 163 Å². The van der Waals surface area contributed by atoms with Crippen LogP contribution in [0, 0.1) is 6.92 Å². The molecule has 2 aromatic rings. The van der Waals surface area contributed by atoms with Crippen LogP contribution in [0.3, 0.4) is 0 Å². The summed E-state index contributed by atoms with van der Waals surface area (Å²) in [6, 6.07) is 5.94. The van der Waals surface area contributed by atoms with Crippen LogP contribution in [-0.2, 0) is 20.9 Å². The normalized spacial score (nSPS) is 10.6. The Morgan fingerprint density at radius 2 is 2.16 bits per heavy atom. The first-order valence-electron chi connectivity index (χ1n) is 7.67. The zero-order valence-electron chi connectivity index (χ0n) is 14.2. The first-order chi connectivity index (χ1) is 11.9. The molecule has 0 saturated heterocycles. The van der Waals surface area contributed by atoms with E-state index in [4.69, 9.17) is 4.74 Å². The van der Waals surface area contributed by atoms with Gasteiger partial charge < -0.3 is 4.74 Å². The molecule has 0 bridgehead atoms. The van der Waals surface area contributed by atoms with E-state index in [1.54, 1.807) is 10.3 Å². The molecule has 0 aliphatic carbocycles. The number of aryl methyl sites for hydroxylation is 1. The summed E-state index contributed by atoms with van der Waals surface area (Å²) in [6.45, 7) is 6.08. The molecule has 0 saturated carbocycles. The van der Waals surface area contributed by atoms with Gasteiger partial charge in [0.25, 0.3) is 0 Å². The van der Waals surface area contributed by atoms with Gasteiger partial charge in [0.15, 0.2) is 5.13 Å². The van der Waals surface area contributed by atoms with Crippen LogP contribution in [0.25, 0.3) is 0 Å². The minimum absolute atomic E-state index is 0.0540. The number of hydrogen-bond donors (Lipinski definition) is 0. The molecule has 0 unspecified atom stereocenters. The molecule has 1 heterocycles. The van der Waals surface area contributed by atoms with Crippen molar-refractivity contribution in [3.05, 3.63) is 39.3 Å². The van der Waals surface area contributed by atoms with E-state index in [2.05, 4.69) is 20.9 Å². The van der Waals surface area contributed by atoms with Crippen LogP contribution < -0.4 is 4.90 Å². The molecule has 5 nitrogen and oxygen atoms in total. The van der Waals surface area contributed by atoms with Crippen molar-refractivity contribution in [1.29, 1.82) is 0 Å². The molecule has 0 radical (unpaired) electrons. The Kier molecular flexibility index (Phi) is 7.46. The Bertz CT molecular complexity index is 764. The zero-order chi connectivity index (χ0) is 18.4. The summed E-state index contributed by atoms with van der Waals surface area (Å²) < 4.78 is 6.29. The number of rotatable bonds is 7. The zero-order valence-corrected chi connectivity index (χ0v) is 17.5. The smallest absolute Gasteiger partial charge is 0.316 e. The molecule has 25 heavy (non-hydrogen) atoms. The predicted molar refractivity (Wildman–Crippen MR) is 105 cm³/mol. The van der Waals surface area contributed by atoms with Gasteiger partial charge in [0, 0.05) is 28.2 Å². The number of esters is 1. The third-order valence-corrected chi connectivity index (χ3v) is 5.89. The number of carbonyl (C=O) groups is 2. The lowest BCUT2D eigenvalue weighted by Gasteiger charge is -2.14. The lowest BCUT2D eigenvalue weighted by atomic mass is 10.2. The third-order valence-electron chi connectivity index (χ3n) is 3.33. The molecule has 1 aromatic heterocycles. The van der Waals surface area contributed by atoms with E-state index in [0.717, 1.165) is 14.9 Å². The monoisotopic (exact) mass is 442 g/mol. The molecule has 8 heteroatoms. The summed E-state index contributed by atoms with van der Waals surface area (Å²) in [7, 11) is 0. The summed E-state index contributed by atoms with van der Waals surface area (Å²) in [5.41, 5.74) is 1.76. The quantitative estimate of drug-likeness (QED) is 0.468. The van der Waals surface area contributed by atoms with Crippen LogP contribution in [0.4, 0.5) is 5.13 Å². The summed E-state index contributed by atoms with van der Waals surface area (Å²) >= 11 is 6.24. The highest BCUT2D eigenvalue weighted by Gasteiger charge is 2.14. The van der Waals surface area contributed by atoms with Crippen molar-refractivity contribution < 1.29 is 14.3 Å². The second-order valence-electron chi connectivity index (χ2n) is 5.24. The minimum Gasteiger partial charge on any atom is -0.459 e. The van der Waals surface area contributed by atoms with Gasteiger partial charge in [-0.25, -0.2) is 4.98 Å². The van der Waals surface area contributed by atoms with E-state index in [-0.39, 0.29) is 24.2 Å². The number of thioether (sulfide) groups is 1. The standard InChI is InChI=1S/C17H19BrN2O3S2/c1-4-20(12(3)21)17-19-14(9-25-17)8-23-16(22)10-24-15-6-5-13(18)7-11(15)2/h5-7,9H,4,8,10H2,1-3H3. The van der Waals surface area contributed by atoms with Crippen LogP contribution in [0.15, 0.2) is 32.9 Å². The van der Waals surface area contributed by atoms with Gasteiger partial charge in [-0.2, -0.15) is 0 Å². The number of anilines is 1. The van der Waals surface area contributed by atoms with Crippen LogP contribution in [0.1, 0.15) is 25.1 Å². The maximum absolute atomic E-state index is 11.9. The number of aromatic nitrogens is 1. The number of halogens is 1. The van der Waals surface area contributed by atoms with E-state index < -0.39 is 0 Å². The molecule has 0 aliphatic heterocycles. The molecular weight excluding hydrogens is 424 g/mol. The number of thiazole rings is 1. The highest BCUT2D eigenvalue weighted by Crippen LogP contribution is 2.25. The van der Waals surface area contributed by atoms with E-state index in [9.17, 15) is 9.59 Å². The molecule has 0 N–H and O–H groups in total. The summed E-state index contributed by atoms with van der Waals surface area (Å²) in [5.74, 6) is -0.101. The lowest BCUT2D eigenvalue weighted by Crippen LogP contribution is -2.27. The fourth-order valence-electron chi connectivity index (χ4n) is 2.09. The van der Waals surface area contributed by atoms with Gasteiger partial charge in [-0.1, -0.05) is 15.9 Å². The number of amides is 1. The fraction of sp³-hybridized carbons (Fsp3) is 0.353. The Balaban J connectivity index is 1.84. The summed E-state index contributed by atoms with van der Waals surface area (Å²) in [4.78, 5) is 30.4. The summed E-state index contributed by atoms with van der Waals surface area (Å²) in [5, 5.41) is 2.43. The van der Waals surface area contributed by atoms with E-state index in [1.807, 2.05) is 32.0 Å². The Hall–Kier alpha value is -1.38. The van der Waals surface area contributed by atoms with Crippen molar-refractivity contribution in [2.24, 2.45) is 0 Å². The fourth-order valence-corrected chi connectivity index (χ4v) is 4.29. The highest BCUT2D eigenvalue weighted by molar-refractivity contribution is 9.10. The second kappa shape index (κ2) is 9.35. The van der Waals surface area contributed by atoms with Gasteiger partial charge in [-0.3, -0.25) is 14.5 Å². The number of benzene rings is 1. The van der Waals surface area contributed by atoms with Crippen molar-refractivity contribution in [2.75, 3.05) is 17.2 Å². The van der Waals surface area contributed by atoms with Gasteiger partial charge >= 0.3 is 5.97 Å². The Morgan fingerprint density at radius 3 is 2.80 bits per heavy atom. The van der Waals surface area contributed by atoms with E-state index >= 15 is 0 Å². The maximum Gasteiger partial charge on any atom is 0.316 e. The number of nitrogens with zero attached hydrogens (tertiary/aromatic N) is 2. The highest BCUT2D eigenvalue weighted by atomic mass is 79.9. The molecule has 2 rings (SSSR count). The molecule has 0 aliphatic rings. The molecule has 0 atom stereocenters. The second-order valence-corrected chi connectivity index (χ2v) is 8.01. The van der Waals surface area contributed by atoms with E-state index in [1.165, 1.54) is 30.0 Å². The predicted octanol–water partition coefficient (Wildman–Crippen LogP) is 4.42. The molecule has 134 valence electrons. The molecular formula is C17H19BrN2O3S2. The van der Waals surface area contributed by atoms with Gasteiger partial charge in [0.05, 0.1) is 11.4 Å². The van der Waals surface area contributed by atoms with Crippen LogP contribution in [0.5, 0.6) is 0 Å². The SMILES string of the molecule is CCN(C(C)=O)c1nc(COC(=O)CSc2ccc(Br)cc2C)cs1. The van der Waals surface area contributed by atoms with E-state index in [0.29, 0.717) is 17.4 Å². The van der Waals surface area contributed by atoms with Crippen LogP contribution >= 0.6 is 39.0 Å². The van der Waals surface area contributed by atoms with Crippen molar-refractivity contribution in [1.82, 2.24) is 4.98 Å². The third kappa shape index (κ3) is 5.83. The van der Waals surface area contributed by atoms with Crippen molar-refractivity contribution in [3.63, 3.8) is 0 Å². The number of hydrogen-bond acceptors (Lipinski definition) is 6. The number of ether oxygens (including phenoxy) is 1.